The maximum absolute atomic E-state index is 7.47. The van der Waals surface area contributed by atoms with Crippen LogP contribution in [0.4, 0.5) is 0 Å². The Morgan fingerprint density at radius 2 is 1.18 bits per heavy atom. The normalized spacial score (nSPS) is 14.3. The van der Waals surface area contributed by atoms with E-state index >= 15 is 0 Å². The summed E-state index contributed by atoms with van der Waals surface area (Å²) in [4.78, 5) is 0. The molecular weight excluding hydrogens is 633 g/mol. The Morgan fingerprint density at radius 1 is 0.588 bits per heavy atom. The lowest BCUT2D eigenvalue weighted by atomic mass is 9.76. The number of hydrogen-bond donors (Lipinski definition) is 0. The zero-order valence-corrected chi connectivity index (χ0v) is 29.6. The second-order valence-corrected chi connectivity index (χ2v) is 13.4. The van der Waals surface area contributed by atoms with Crippen LogP contribution in [-0.2, 0) is 11.0 Å². The molecule has 0 bridgehead atoms. The zero-order valence-electron chi connectivity index (χ0n) is 29.6. The zero-order chi connectivity index (χ0) is 35.3. The summed E-state index contributed by atoms with van der Waals surface area (Å²) >= 11 is 0. The molecule has 0 amide bonds. The molecule has 252 valence electrons. The molecular formula is C46H38O5. The summed E-state index contributed by atoms with van der Waals surface area (Å²) in [6.07, 6.45) is 4.42. The van der Waals surface area contributed by atoms with Crippen LogP contribution in [0.2, 0.25) is 0 Å². The lowest BCUT2D eigenvalue weighted by Crippen LogP contribution is -2.35. The van der Waals surface area contributed by atoms with E-state index < -0.39 is 5.60 Å². The Morgan fingerprint density at radius 3 is 1.76 bits per heavy atom. The molecule has 0 N–H and O–H groups in total. The van der Waals surface area contributed by atoms with E-state index in [1.54, 1.807) is 28.4 Å². The van der Waals surface area contributed by atoms with E-state index in [4.69, 9.17) is 23.7 Å². The van der Waals surface area contributed by atoms with Crippen molar-refractivity contribution in [3.05, 3.63) is 154 Å². The highest BCUT2D eigenvalue weighted by Crippen LogP contribution is 2.59. The third-order valence-electron chi connectivity index (χ3n) is 10.3. The van der Waals surface area contributed by atoms with Crippen LogP contribution in [0, 0.1) is 11.8 Å². The van der Waals surface area contributed by atoms with E-state index in [-0.39, 0.29) is 5.41 Å². The molecule has 0 aromatic heterocycles. The fourth-order valence-electron chi connectivity index (χ4n) is 7.71. The van der Waals surface area contributed by atoms with Gasteiger partial charge < -0.3 is 23.7 Å². The van der Waals surface area contributed by atoms with Gasteiger partial charge in [0.2, 0.25) is 0 Å². The molecule has 0 saturated heterocycles. The van der Waals surface area contributed by atoms with Crippen LogP contribution < -0.4 is 23.7 Å². The van der Waals surface area contributed by atoms with E-state index in [2.05, 4.69) is 86.4 Å². The molecule has 1 heterocycles. The first-order chi connectivity index (χ1) is 24.8. The second kappa shape index (κ2) is 12.3. The lowest BCUT2D eigenvalue weighted by molar-refractivity contribution is 0.163. The van der Waals surface area contributed by atoms with E-state index in [1.807, 2.05) is 60.7 Å². The molecule has 0 radical (unpaired) electrons. The first-order valence-electron chi connectivity index (χ1n) is 17.0. The van der Waals surface area contributed by atoms with Crippen molar-refractivity contribution in [2.75, 3.05) is 28.4 Å². The monoisotopic (exact) mass is 670 g/mol. The average Bonchev–Trinajstić information content (AvgIpc) is 3.42. The summed E-state index contributed by atoms with van der Waals surface area (Å²) in [6.45, 7) is 4.59. The molecule has 6 aromatic carbocycles. The van der Waals surface area contributed by atoms with E-state index in [9.17, 15) is 0 Å². The predicted molar refractivity (Wildman–Crippen MR) is 203 cm³/mol. The van der Waals surface area contributed by atoms with Gasteiger partial charge in [0.25, 0.3) is 0 Å². The van der Waals surface area contributed by atoms with Gasteiger partial charge in [0, 0.05) is 38.6 Å². The first kappa shape index (κ1) is 32.1. The summed E-state index contributed by atoms with van der Waals surface area (Å²) in [7, 11) is 6.69. The Labute approximate surface area is 299 Å². The van der Waals surface area contributed by atoms with Crippen LogP contribution in [0.25, 0.3) is 28.0 Å². The topological polar surface area (TPSA) is 46.2 Å². The van der Waals surface area contributed by atoms with Gasteiger partial charge in [-0.1, -0.05) is 80.3 Å². The summed E-state index contributed by atoms with van der Waals surface area (Å²) in [5.41, 5.74) is 8.39. The van der Waals surface area contributed by atoms with Crippen LogP contribution in [0.3, 0.4) is 0 Å². The minimum absolute atomic E-state index is 0.367. The van der Waals surface area contributed by atoms with E-state index in [0.29, 0.717) is 11.5 Å². The highest BCUT2D eigenvalue weighted by Gasteiger charge is 2.44. The quantitative estimate of drug-likeness (QED) is 0.165. The van der Waals surface area contributed by atoms with Crippen molar-refractivity contribution < 1.29 is 23.7 Å². The van der Waals surface area contributed by atoms with Gasteiger partial charge in [-0.15, -0.1) is 0 Å². The standard InChI is InChI=1S/C46H38O5/c1-45(2)39-26-30(13-12-29-10-8-7-9-11-29)14-23-35(39)42-37-27-40(49-5)41(50-6)28-38(37)44-36(43(42)45)24-25-46(51-44,31-15-19-33(47-3)20-16-31)32-17-21-34(48-4)22-18-32/h7-11,14-28H,1-6H3. The van der Waals surface area contributed by atoms with Gasteiger partial charge in [0.05, 0.1) is 28.4 Å². The van der Waals surface area contributed by atoms with Crippen molar-refractivity contribution in [3.63, 3.8) is 0 Å². The fourth-order valence-corrected chi connectivity index (χ4v) is 7.71. The van der Waals surface area contributed by atoms with Gasteiger partial charge in [0.15, 0.2) is 17.1 Å². The molecule has 5 nitrogen and oxygen atoms in total. The Kier molecular flexibility index (Phi) is 7.76. The average molecular weight is 671 g/mol. The van der Waals surface area contributed by atoms with Crippen LogP contribution in [0.1, 0.15) is 52.8 Å². The SMILES string of the molecule is COc1ccc(C2(c3ccc(OC)cc3)C=Cc3c4c(c5cc(OC)c(OC)cc5c3O2)-c2ccc(C#Cc3ccccc3)cc2C4(C)C)cc1. The van der Waals surface area contributed by atoms with Crippen molar-refractivity contribution >= 4 is 16.8 Å². The Balaban J connectivity index is 1.39. The Hall–Kier alpha value is -6.12. The minimum atomic E-state index is -0.949. The molecule has 1 aliphatic carbocycles. The van der Waals surface area contributed by atoms with Gasteiger partial charge in [-0.3, -0.25) is 0 Å². The highest BCUT2D eigenvalue weighted by molar-refractivity contribution is 6.09. The second-order valence-electron chi connectivity index (χ2n) is 13.4. The lowest BCUT2D eigenvalue weighted by Gasteiger charge is -2.38. The smallest absolute Gasteiger partial charge is 0.178 e. The summed E-state index contributed by atoms with van der Waals surface area (Å²) in [5.74, 6) is 10.4. The first-order valence-corrected chi connectivity index (χ1v) is 17.0. The van der Waals surface area contributed by atoms with E-state index in [1.165, 1.54) is 22.3 Å². The van der Waals surface area contributed by atoms with Gasteiger partial charge in [-0.2, -0.15) is 0 Å². The highest BCUT2D eigenvalue weighted by atomic mass is 16.5. The number of hydrogen-bond acceptors (Lipinski definition) is 5. The Bertz CT molecular complexity index is 2350. The molecule has 51 heavy (non-hydrogen) atoms. The van der Waals surface area contributed by atoms with Crippen LogP contribution in [0.15, 0.2) is 115 Å². The van der Waals surface area contributed by atoms with Crippen molar-refractivity contribution in [3.8, 4) is 51.7 Å². The van der Waals surface area contributed by atoms with Gasteiger partial charge in [-0.25, -0.2) is 0 Å². The molecule has 5 heteroatoms. The van der Waals surface area contributed by atoms with Crippen molar-refractivity contribution in [1.82, 2.24) is 0 Å². The van der Waals surface area contributed by atoms with Gasteiger partial charge >= 0.3 is 0 Å². The number of benzene rings is 6. The number of ether oxygens (including phenoxy) is 5. The van der Waals surface area contributed by atoms with E-state index in [0.717, 1.165) is 55.8 Å². The largest absolute Gasteiger partial charge is 0.497 e. The van der Waals surface area contributed by atoms with Crippen LogP contribution >= 0.6 is 0 Å². The van der Waals surface area contributed by atoms with Crippen LogP contribution in [-0.4, -0.2) is 28.4 Å². The molecule has 1 aliphatic heterocycles. The molecule has 0 atom stereocenters. The maximum Gasteiger partial charge on any atom is 0.178 e. The van der Waals surface area contributed by atoms with Gasteiger partial charge in [-0.05, 0) is 94.4 Å². The van der Waals surface area contributed by atoms with Crippen molar-refractivity contribution in [1.29, 1.82) is 0 Å². The minimum Gasteiger partial charge on any atom is -0.497 e. The maximum atomic E-state index is 7.47. The third kappa shape index (κ3) is 5.10. The van der Waals surface area contributed by atoms with Crippen molar-refractivity contribution in [2.45, 2.75) is 24.9 Å². The van der Waals surface area contributed by atoms with Crippen molar-refractivity contribution in [2.24, 2.45) is 0 Å². The molecule has 0 saturated carbocycles. The summed E-state index contributed by atoms with van der Waals surface area (Å²) in [6, 6.07) is 37.0. The number of methoxy groups -OCH3 is 4. The molecule has 6 aromatic rings. The van der Waals surface area contributed by atoms with Gasteiger partial charge in [0.1, 0.15) is 17.2 Å². The molecule has 2 aliphatic rings. The molecule has 0 spiro atoms. The predicted octanol–water partition coefficient (Wildman–Crippen LogP) is 9.93. The number of rotatable bonds is 6. The third-order valence-corrected chi connectivity index (χ3v) is 10.3. The summed E-state index contributed by atoms with van der Waals surface area (Å²) < 4.78 is 30.3. The molecule has 0 fully saturated rings. The molecule has 8 rings (SSSR count). The number of fused-ring (bicyclic) bond motifs is 8. The molecule has 0 unspecified atom stereocenters. The fraction of sp³-hybridized carbons (Fsp3) is 0.174. The van der Waals surface area contributed by atoms with Crippen LogP contribution in [0.5, 0.6) is 28.7 Å². The summed E-state index contributed by atoms with van der Waals surface area (Å²) in [5, 5.41) is 1.97.